The number of nitrogens with zero attached hydrogens (tertiary/aromatic N) is 2. The summed E-state index contributed by atoms with van der Waals surface area (Å²) in [5, 5.41) is 10.8. The largest absolute Gasteiger partial charge is 0.390 e. The van der Waals surface area contributed by atoms with E-state index in [0.29, 0.717) is 18.7 Å². The average molecular weight is 280 g/mol. The molecule has 1 aliphatic rings. The van der Waals surface area contributed by atoms with E-state index in [0.717, 1.165) is 11.4 Å². The molecular formula is C14H20N2O2S. The molecule has 0 aromatic carbocycles. The summed E-state index contributed by atoms with van der Waals surface area (Å²) in [5.41, 5.74) is -0.0712. The lowest BCUT2D eigenvalue weighted by Crippen LogP contribution is -2.35. The second-order valence-electron chi connectivity index (χ2n) is 5.45. The van der Waals surface area contributed by atoms with Crippen LogP contribution in [0.15, 0.2) is 23.4 Å². The topological polar surface area (TPSA) is 53.4 Å². The predicted molar refractivity (Wildman–Crippen MR) is 76.3 cm³/mol. The predicted octanol–water partition coefficient (Wildman–Crippen LogP) is 2.04. The molecule has 0 radical (unpaired) electrons. The van der Waals surface area contributed by atoms with E-state index >= 15 is 0 Å². The van der Waals surface area contributed by atoms with Crippen molar-refractivity contribution in [1.29, 1.82) is 0 Å². The molecule has 1 amide bonds. The number of pyridine rings is 1. The fourth-order valence-electron chi connectivity index (χ4n) is 2.41. The van der Waals surface area contributed by atoms with Gasteiger partial charge in [0.2, 0.25) is 0 Å². The van der Waals surface area contributed by atoms with Gasteiger partial charge in [-0.2, -0.15) is 0 Å². The number of likely N-dealkylation sites (tertiary alicyclic amines) is 1. The maximum Gasteiger partial charge on any atom is 0.256 e. The van der Waals surface area contributed by atoms with Crippen molar-refractivity contribution in [2.45, 2.75) is 30.9 Å². The maximum absolute atomic E-state index is 12.5. The van der Waals surface area contributed by atoms with Crippen LogP contribution < -0.4 is 0 Å². The SMILES string of the molecule is CSc1ncccc1C(=O)N1CC[C@@H](C(C)(C)O)C1. The van der Waals surface area contributed by atoms with Crippen LogP contribution in [-0.2, 0) is 0 Å². The Morgan fingerprint density at radius 2 is 2.32 bits per heavy atom. The monoisotopic (exact) mass is 280 g/mol. The van der Waals surface area contributed by atoms with Crippen LogP contribution in [0.3, 0.4) is 0 Å². The van der Waals surface area contributed by atoms with Gasteiger partial charge in [0.15, 0.2) is 0 Å². The van der Waals surface area contributed by atoms with Gasteiger partial charge in [0.25, 0.3) is 5.91 Å². The zero-order chi connectivity index (χ0) is 14.0. The number of rotatable bonds is 3. The Morgan fingerprint density at radius 3 is 2.89 bits per heavy atom. The summed E-state index contributed by atoms with van der Waals surface area (Å²) >= 11 is 1.48. The number of thioether (sulfide) groups is 1. The molecule has 0 aliphatic carbocycles. The van der Waals surface area contributed by atoms with Gasteiger partial charge in [0.1, 0.15) is 5.03 Å². The van der Waals surface area contributed by atoms with Gasteiger partial charge in [0.05, 0.1) is 11.2 Å². The second-order valence-corrected chi connectivity index (χ2v) is 6.25. The van der Waals surface area contributed by atoms with Gasteiger partial charge in [-0.1, -0.05) is 0 Å². The molecule has 19 heavy (non-hydrogen) atoms. The number of carbonyl (C=O) groups is 1. The van der Waals surface area contributed by atoms with E-state index in [-0.39, 0.29) is 11.8 Å². The minimum absolute atomic E-state index is 0.0178. The summed E-state index contributed by atoms with van der Waals surface area (Å²) in [6, 6.07) is 3.61. The fourth-order valence-corrected chi connectivity index (χ4v) is 2.95. The number of aromatic nitrogens is 1. The Bertz CT molecular complexity index is 471. The number of carbonyl (C=O) groups excluding carboxylic acids is 1. The van der Waals surface area contributed by atoms with Gasteiger partial charge in [0, 0.05) is 25.2 Å². The molecular weight excluding hydrogens is 260 g/mol. The van der Waals surface area contributed by atoms with E-state index in [9.17, 15) is 9.90 Å². The Morgan fingerprint density at radius 1 is 1.58 bits per heavy atom. The first kappa shape index (κ1) is 14.3. The molecule has 0 bridgehead atoms. The lowest BCUT2D eigenvalue weighted by molar-refractivity contribution is 0.0211. The van der Waals surface area contributed by atoms with Crippen LogP contribution >= 0.6 is 11.8 Å². The van der Waals surface area contributed by atoms with Crippen molar-refractivity contribution in [3.8, 4) is 0 Å². The highest BCUT2D eigenvalue weighted by Gasteiger charge is 2.36. The fraction of sp³-hybridized carbons (Fsp3) is 0.571. The van der Waals surface area contributed by atoms with Crippen LogP contribution in [0.1, 0.15) is 30.6 Å². The smallest absolute Gasteiger partial charge is 0.256 e. The number of aliphatic hydroxyl groups is 1. The first-order chi connectivity index (χ1) is 8.93. The second kappa shape index (κ2) is 5.51. The molecule has 4 nitrogen and oxygen atoms in total. The highest BCUT2D eigenvalue weighted by molar-refractivity contribution is 7.98. The summed E-state index contributed by atoms with van der Waals surface area (Å²) in [7, 11) is 0. The van der Waals surface area contributed by atoms with Crippen molar-refractivity contribution in [3.63, 3.8) is 0 Å². The zero-order valence-corrected chi connectivity index (χ0v) is 12.4. The van der Waals surface area contributed by atoms with Crippen molar-refractivity contribution in [1.82, 2.24) is 9.88 Å². The maximum atomic E-state index is 12.5. The summed E-state index contributed by atoms with van der Waals surface area (Å²) < 4.78 is 0. The van der Waals surface area contributed by atoms with Gasteiger partial charge in [-0.25, -0.2) is 4.98 Å². The minimum Gasteiger partial charge on any atom is -0.390 e. The number of amides is 1. The van der Waals surface area contributed by atoms with Crippen LogP contribution in [0.5, 0.6) is 0 Å². The van der Waals surface area contributed by atoms with Gasteiger partial charge in [-0.05, 0) is 38.7 Å². The van der Waals surface area contributed by atoms with Crippen molar-refractivity contribution in [3.05, 3.63) is 23.9 Å². The van der Waals surface area contributed by atoms with Crippen molar-refractivity contribution in [2.24, 2.45) is 5.92 Å². The summed E-state index contributed by atoms with van der Waals surface area (Å²) in [6.07, 6.45) is 4.47. The Hall–Kier alpha value is -1.07. The third kappa shape index (κ3) is 3.09. The standard InChI is InChI=1S/C14H20N2O2S/c1-14(2,18)10-6-8-16(9-10)13(17)11-5-4-7-15-12(11)19-3/h4-5,7,10,18H,6,8-9H2,1-3H3/t10-/m1/s1. The highest BCUT2D eigenvalue weighted by Crippen LogP contribution is 2.29. The van der Waals surface area contributed by atoms with Gasteiger partial charge < -0.3 is 10.0 Å². The van der Waals surface area contributed by atoms with E-state index in [1.54, 1.807) is 12.3 Å². The molecule has 1 saturated heterocycles. The molecule has 1 aromatic rings. The minimum atomic E-state index is -0.730. The molecule has 5 heteroatoms. The molecule has 2 heterocycles. The summed E-state index contributed by atoms with van der Waals surface area (Å²) in [6.45, 7) is 4.94. The highest BCUT2D eigenvalue weighted by atomic mass is 32.2. The lowest BCUT2D eigenvalue weighted by atomic mass is 9.90. The molecule has 0 unspecified atom stereocenters. The van der Waals surface area contributed by atoms with E-state index in [1.807, 2.05) is 31.1 Å². The molecule has 0 saturated carbocycles. The van der Waals surface area contributed by atoms with E-state index in [1.165, 1.54) is 11.8 Å². The normalized spacial score (nSPS) is 19.8. The summed E-state index contributed by atoms with van der Waals surface area (Å²) in [4.78, 5) is 18.5. The molecule has 2 rings (SSSR count). The van der Waals surface area contributed by atoms with Crippen molar-refractivity contribution < 1.29 is 9.90 Å². The van der Waals surface area contributed by atoms with Crippen LogP contribution in [-0.4, -0.2) is 45.8 Å². The number of hydrogen-bond donors (Lipinski definition) is 1. The molecule has 0 spiro atoms. The average Bonchev–Trinajstić information content (AvgIpc) is 2.87. The van der Waals surface area contributed by atoms with Crippen molar-refractivity contribution >= 4 is 17.7 Å². The molecule has 1 N–H and O–H groups in total. The molecule has 104 valence electrons. The first-order valence-electron chi connectivity index (χ1n) is 6.44. The third-order valence-corrected chi connectivity index (χ3v) is 4.38. The lowest BCUT2D eigenvalue weighted by Gasteiger charge is -2.25. The van der Waals surface area contributed by atoms with Gasteiger partial charge in [-0.3, -0.25) is 4.79 Å². The van der Waals surface area contributed by atoms with Crippen LogP contribution in [0.4, 0.5) is 0 Å². The first-order valence-corrected chi connectivity index (χ1v) is 7.66. The zero-order valence-electron chi connectivity index (χ0n) is 11.6. The van der Waals surface area contributed by atoms with E-state index in [4.69, 9.17) is 0 Å². The molecule has 1 atom stereocenters. The van der Waals surface area contributed by atoms with Crippen LogP contribution in [0.25, 0.3) is 0 Å². The van der Waals surface area contributed by atoms with Gasteiger partial charge >= 0.3 is 0 Å². The molecule has 1 aromatic heterocycles. The molecule has 1 fully saturated rings. The third-order valence-electron chi connectivity index (χ3n) is 3.67. The molecule has 1 aliphatic heterocycles. The van der Waals surface area contributed by atoms with Gasteiger partial charge in [-0.15, -0.1) is 11.8 Å². The number of hydrogen-bond acceptors (Lipinski definition) is 4. The van der Waals surface area contributed by atoms with Crippen molar-refractivity contribution in [2.75, 3.05) is 19.3 Å². The van der Waals surface area contributed by atoms with E-state index in [2.05, 4.69) is 4.98 Å². The Kier molecular flexibility index (Phi) is 4.16. The quantitative estimate of drug-likeness (QED) is 0.861. The Balaban J connectivity index is 2.14. The van der Waals surface area contributed by atoms with E-state index < -0.39 is 5.60 Å². The summed E-state index contributed by atoms with van der Waals surface area (Å²) in [5.74, 6) is 0.162. The Labute approximate surface area is 118 Å². The van der Waals surface area contributed by atoms with Crippen LogP contribution in [0, 0.1) is 5.92 Å². The van der Waals surface area contributed by atoms with Crippen LogP contribution in [0.2, 0.25) is 0 Å².